The highest BCUT2D eigenvalue weighted by molar-refractivity contribution is 6.06. The van der Waals surface area contributed by atoms with Crippen LogP contribution in [0.25, 0.3) is 0 Å². The topological polar surface area (TPSA) is 58.6 Å². The lowest BCUT2D eigenvalue weighted by atomic mass is 9.73. The summed E-state index contributed by atoms with van der Waals surface area (Å²) in [6.45, 7) is 8.42. The number of ketones is 1. The number of carbonyl (C=O) groups is 2. The molecule has 0 fully saturated rings. The van der Waals surface area contributed by atoms with Gasteiger partial charge in [-0.3, -0.25) is 14.5 Å². The van der Waals surface area contributed by atoms with Gasteiger partial charge in [-0.05, 0) is 36.5 Å². The van der Waals surface area contributed by atoms with Gasteiger partial charge in [0.15, 0.2) is 5.78 Å². The first-order valence-electron chi connectivity index (χ1n) is 11.0. The van der Waals surface area contributed by atoms with Crippen molar-refractivity contribution in [1.82, 2.24) is 0 Å². The first-order chi connectivity index (χ1) is 14.8. The van der Waals surface area contributed by atoms with Crippen molar-refractivity contribution in [3.8, 4) is 5.75 Å². The smallest absolute Gasteiger partial charge is 0.224 e. The Balaban J connectivity index is 1.99. The highest BCUT2D eigenvalue weighted by Crippen LogP contribution is 2.49. The number of allylic oxidation sites excluding steroid dienone is 1. The zero-order valence-electron chi connectivity index (χ0n) is 18.7. The van der Waals surface area contributed by atoms with Gasteiger partial charge in [0.25, 0.3) is 0 Å². The third-order valence-corrected chi connectivity index (χ3v) is 5.92. The second kappa shape index (κ2) is 8.22. The average Bonchev–Trinajstić information content (AvgIpc) is 2.85. The number of carbonyl (C=O) groups excluding carboxylic acids is 2. The second-order valence-electron chi connectivity index (χ2n) is 9.15. The Morgan fingerprint density at radius 1 is 1.13 bits per heavy atom. The number of hydrogen-bond acceptors (Lipinski definition) is 4. The summed E-state index contributed by atoms with van der Waals surface area (Å²) in [6.07, 6.45) is 2.06. The van der Waals surface area contributed by atoms with Crippen LogP contribution in [0.2, 0.25) is 0 Å². The van der Waals surface area contributed by atoms with E-state index < -0.39 is 6.04 Å². The van der Waals surface area contributed by atoms with E-state index in [-0.39, 0.29) is 17.1 Å². The molecule has 0 bridgehead atoms. The number of benzene rings is 2. The van der Waals surface area contributed by atoms with Crippen LogP contribution < -0.4 is 15.0 Å². The minimum absolute atomic E-state index is 0.0769. The Labute approximate surface area is 184 Å². The quantitative estimate of drug-likeness (QED) is 0.698. The van der Waals surface area contributed by atoms with Crippen LogP contribution in [-0.4, -0.2) is 18.3 Å². The van der Waals surface area contributed by atoms with Gasteiger partial charge in [-0.15, -0.1) is 0 Å². The Kier molecular flexibility index (Phi) is 5.61. The third-order valence-electron chi connectivity index (χ3n) is 5.92. The number of nitrogens with one attached hydrogen (secondary N) is 1. The standard InChI is InChI=1S/C26H30N2O3/c1-5-14-31-23-13-9-6-10-18(23)25-24-20(15-26(3,4)16-22(24)30)27-19-11-7-8-12-21(19)28(25)17(2)29/h6-13,25,27H,5,14-16H2,1-4H3. The zero-order chi connectivity index (χ0) is 22.2. The zero-order valence-corrected chi connectivity index (χ0v) is 18.7. The molecule has 162 valence electrons. The van der Waals surface area contributed by atoms with Crippen molar-refractivity contribution in [3.63, 3.8) is 0 Å². The van der Waals surface area contributed by atoms with Gasteiger partial charge in [-0.2, -0.15) is 0 Å². The summed E-state index contributed by atoms with van der Waals surface area (Å²) in [6, 6.07) is 15.0. The van der Waals surface area contributed by atoms with Gasteiger partial charge in [0.05, 0.1) is 24.0 Å². The Bertz CT molecular complexity index is 1050. The van der Waals surface area contributed by atoms with E-state index in [4.69, 9.17) is 4.74 Å². The summed E-state index contributed by atoms with van der Waals surface area (Å²) >= 11 is 0. The van der Waals surface area contributed by atoms with Gasteiger partial charge in [0.1, 0.15) is 5.75 Å². The molecular formula is C26H30N2O3. The number of rotatable bonds is 4. The highest BCUT2D eigenvalue weighted by atomic mass is 16.5. The van der Waals surface area contributed by atoms with Gasteiger partial charge >= 0.3 is 0 Å². The number of nitrogens with zero attached hydrogens (tertiary/aromatic N) is 1. The van der Waals surface area contributed by atoms with Gasteiger partial charge in [-0.1, -0.05) is 51.1 Å². The van der Waals surface area contributed by atoms with Gasteiger partial charge in [0.2, 0.25) is 5.91 Å². The van der Waals surface area contributed by atoms with Crippen molar-refractivity contribution in [2.75, 3.05) is 16.8 Å². The lowest BCUT2D eigenvalue weighted by molar-refractivity contribution is -0.118. The second-order valence-corrected chi connectivity index (χ2v) is 9.15. The predicted molar refractivity (Wildman–Crippen MR) is 123 cm³/mol. The van der Waals surface area contributed by atoms with E-state index in [1.807, 2.05) is 48.5 Å². The van der Waals surface area contributed by atoms with Crippen molar-refractivity contribution < 1.29 is 14.3 Å². The maximum Gasteiger partial charge on any atom is 0.224 e. The Hall–Kier alpha value is -3.08. The van der Waals surface area contributed by atoms with Crippen LogP contribution in [0.3, 0.4) is 0 Å². The summed E-state index contributed by atoms with van der Waals surface area (Å²) in [7, 11) is 0. The first-order valence-corrected chi connectivity index (χ1v) is 11.0. The normalized spacial score (nSPS) is 19.8. The van der Waals surface area contributed by atoms with E-state index in [1.54, 1.807) is 11.8 Å². The van der Waals surface area contributed by atoms with Gasteiger partial charge in [-0.25, -0.2) is 0 Å². The molecule has 5 heteroatoms. The van der Waals surface area contributed by atoms with E-state index in [2.05, 4.69) is 26.1 Å². The van der Waals surface area contributed by atoms with E-state index in [0.717, 1.165) is 35.5 Å². The molecule has 1 amide bonds. The molecule has 5 nitrogen and oxygen atoms in total. The number of Topliss-reactive ketones (excluding diaryl/α,β-unsaturated/α-hetero) is 1. The van der Waals surface area contributed by atoms with Crippen LogP contribution in [0.1, 0.15) is 58.6 Å². The Morgan fingerprint density at radius 2 is 1.84 bits per heavy atom. The molecular weight excluding hydrogens is 388 g/mol. The molecule has 0 spiro atoms. The molecule has 0 radical (unpaired) electrons. The fraction of sp³-hybridized carbons (Fsp3) is 0.385. The van der Waals surface area contributed by atoms with E-state index in [1.165, 1.54) is 0 Å². The third kappa shape index (κ3) is 3.97. The summed E-state index contributed by atoms with van der Waals surface area (Å²) in [5.41, 5.74) is 3.86. The molecule has 0 aromatic heterocycles. The SMILES string of the molecule is CCCOc1ccccc1C1C2=C(CC(C)(C)CC2=O)Nc2ccccc2N1C(C)=O. The molecule has 1 atom stereocenters. The lowest BCUT2D eigenvalue weighted by Crippen LogP contribution is -2.38. The maximum absolute atomic E-state index is 13.5. The van der Waals surface area contributed by atoms with E-state index >= 15 is 0 Å². The molecule has 1 unspecified atom stereocenters. The van der Waals surface area contributed by atoms with E-state index in [0.29, 0.717) is 24.4 Å². The van der Waals surface area contributed by atoms with Crippen LogP contribution in [0.15, 0.2) is 59.8 Å². The molecule has 1 aliphatic heterocycles. The molecule has 4 rings (SSSR count). The summed E-state index contributed by atoms with van der Waals surface area (Å²) in [5.74, 6) is 0.675. The van der Waals surface area contributed by atoms with Crippen molar-refractivity contribution in [3.05, 3.63) is 65.4 Å². The minimum atomic E-state index is -0.541. The van der Waals surface area contributed by atoms with Crippen molar-refractivity contribution >= 4 is 23.1 Å². The van der Waals surface area contributed by atoms with E-state index in [9.17, 15) is 9.59 Å². The summed E-state index contributed by atoms with van der Waals surface area (Å²) in [5, 5.41) is 3.52. The highest BCUT2D eigenvalue weighted by Gasteiger charge is 2.43. The number of anilines is 2. The maximum atomic E-state index is 13.5. The molecule has 2 aliphatic rings. The van der Waals surface area contributed by atoms with Crippen LogP contribution in [0, 0.1) is 5.41 Å². The fourth-order valence-electron chi connectivity index (χ4n) is 4.68. The van der Waals surface area contributed by atoms with Crippen molar-refractivity contribution in [2.45, 2.75) is 53.0 Å². The molecule has 2 aromatic rings. The number of ether oxygens (including phenoxy) is 1. The monoisotopic (exact) mass is 418 g/mol. The number of amides is 1. The molecule has 0 saturated heterocycles. The molecule has 1 aliphatic carbocycles. The average molecular weight is 419 g/mol. The molecule has 0 saturated carbocycles. The van der Waals surface area contributed by atoms with Crippen molar-refractivity contribution in [2.24, 2.45) is 5.41 Å². The van der Waals surface area contributed by atoms with Crippen LogP contribution >= 0.6 is 0 Å². The van der Waals surface area contributed by atoms with Gasteiger partial charge < -0.3 is 10.1 Å². The molecule has 31 heavy (non-hydrogen) atoms. The fourth-order valence-corrected chi connectivity index (χ4v) is 4.68. The number of fused-ring (bicyclic) bond motifs is 1. The molecule has 1 heterocycles. The summed E-state index contributed by atoms with van der Waals surface area (Å²) in [4.78, 5) is 28.3. The largest absolute Gasteiger partial charge is 0.493 e. The van der Waals surface area contributed by atoms with Crippen molar-refractivity contribution in [1.29, 1.82) is 0 Å². The number of para-hydroxylation sites is 3. The molecule has 2 aromatic carbocycles. The lowest BCUT2D eigenvalue weighted by Gasteiger charge is -2.37. The van der Waals surface area contributed by atoms with Crippen LogP contribution in [-0.2, 0) is 9.59 Å². The van der Waals surface area contributed by atoms with Gasteiger partial charge in [0, 0.05) is 30.2 Å². The molecule has 1 N–H and O–H groups in total. The van der Waals surface area contributed by atoms with Crippen LogP contribution in [0.4, 0.5) is 11.4 Å². The van der Waals surface area contributed by atoms with Crippen LogP contribution in [0.5, 0.6) is 5.75 Å². The minimum Gasteiger partial charge on any atom is -0.493 e. The summed E-state index contributed by atoms with van der Waals surface area (Å²) < 4.78 is 6.06. The number of hydrogen-bond donors (Lipinski definition) is 1. The first kappa shape index (κ1) is 21.2. The Morgan fingerprint density at radius 3 is 2.58 bits per heavy atom. The predicted octanol–water partition coefficient (Wildman–Crippen LogP) is 5.64.